The average Bonchev–Trinajstić information content (AvgIpc) is 3.32. The smallest absolute Gasteiger partial charge is 0.327 e. The average molecular weight is 507 g/mol. The quantitative estimate of drug-likeness (QED) is 0.324. The van der Waals surface area contributed by atoms with Crippen LogP contribution >= 0.6 is 0 Å². The monoisotopic (exact) mass is 506 g/mol. The molecule has 10 heteroatoms. The summed E-state index contributed by atoms with van der Waals surface area (Å²) in [5, 5.41) is 13.0. The first-order valence-corrected chi connectivity index (χ1v) is 12.3. The Morgan fingerprint density at radius 2 is 1.84 bits per heavy atom. The first-order chi connectivity index (χ1) is 17.8. The molecule has 37 heavy (non-hydrogen) atoms. The molecule has 0 aliphatic rings. The van der Waals surface area contributed by atoms with Gasteiger partial charge in [0.2, 0.25) is 0 Å². The van der Waals surface area contributed by atoms with Crippen molar-refractivity contribution in [2.45, 2.75) is 59.8 Å². The Morgan fingerprint density at radius 3 is 2.54 bits per heavy atom. The van der Waals surface area contributed by atoms with Crippen LogP contribution in [-0.2, 0) is 29.2 Å². The first kappa shape index (κ1) is 26.2. The van der Waals surface area contributed by atoms with E-state index in [0.29, 0.717) is 30.9 Å². The number of H-pyrrole nitrogens is 1. The van der Waals surface area contributed by atoms with Gasteiger partial charge in [-0.15, -0.1) is 5.10 Å². The number of fused-ring (bicyclic) bond motifs is 1. The number of tetrazole rings is 1. The summed E-state index contributed by atoms with van der Waals surface area (Å²) >= 11 is 0. The van der Waals surface area contributed by atoms with E-state index < -0.39 is 5.97 Å². The number of ether oxygens (including phenoxy) is 1. The van der Waals surface area contributed by atoms with E-state index in [9.17, 15) is 14.0 Å². The predicted octanol–water partition coefficient (Wildman–Crippen LogP) is 3.99. The number of carbonyl (C=O) groups excluding carboxylic acids is 1. The summed E-state index contributed by atoms with van der Waals surface area (Å²) in [4.78, 5) is 30.4. The van der Waals surface area contributed by atoms with Gasteiger partial charge in [-0.1, -0.05) is 31.2 Å². The second-order valence-electron chi connectivity index (χ2n) is 9.07. The highest BCUT2D eigenvalue weighted by Crippen LogP contribution is 2.27. The maximum atomic E-state index is 13.6. The van der Waals surface area contributed by atoms with Gasteiger partial charge in [0.15, 0.2) is 5.82 Å². The van der Waals surface area contributed by atoms with Crippen LogP contribution in [-0.4, -0.2) is 42.7 Å². The summed E-state index contributed by atoms with van der Waals surface area (Å²) in [5.74, 6) is -0.271. The Kier molecular flexibility index (Phi) is 8.08. The second kappa shape index (κ2) is 11.4. The zero-order valence-electron chi connectivity index (χ0n) is 21.5. The van der Waals surface area contributed by atoms with E-state index in [1.165, 1.54) is 16.8 Å². The Bertz CT molecular complexity index is 1450. The van der Waals surface area contributed by atoms with Crippen LogP contribution in [0.2, 0.25) is 0 Å². The largest absolute Gasteiger partial charge is 0.465 e. The molecule has 194 valence electrons. The molecule has 4 rings (SSSR count). The Balaban J connectivity index is 1.75. The molecule has 2 aromatic heterocycles. The molecular formula is C27H31FN6O3. The van der Waals surface area contributed by atoms with Crippen molar-refractivity contribution in [1.82, 2.24) is 30.1 Å². The fourth-order valence-electron chi connectivity index (χ4n) is 4.55. The Hall–Kier alpha value is -3.92. The molecule has 0 unspecified atom stereocenters. The number of hydrogen-bond donors (Lipinski definition) is 1. The molecule has 1 N–H and O–H groups in total. The lowest BCUT2D eigenvalue weighted by atomic mass is 10.0. The van der Waals surface area contributed by atoms with Crippen molar-refractivity contribution >= 4 is 16.9 Å². The molecule has 0 spiro atoms. The summed E-state index contributed by atoms with van der Waals surface area (Å²) in [6.45, 7) is 8.55. The van der Waals surface area contributed by atoms with Gasteiger partial charge < -0.3 is 9.72 Å². The molecule has 0 saturated heterocycles. The molecule has 0 fully saturated rings. The molecule has 4 aromatic rings. The van der Waals surface area contributed by atoms with E-state index in [-0.39, 0.29) is 30.6 Å². The number of aryl methyl sites for hydroxylation is 2. The molecular weight excluding hydrogens is 475 g/mol. The lowest BCUT2D eigenvalue weighted by Gasteiger charge is -2.30. The molecule has 2 heterocycles. The number of nitrogens with one attached hydrogen (secondary N) is 1. The third-order valence-corrected chi connectivity index (χ3v) is 6.46. The number of benzene rings is 2. The molecule has 0 amide bonds. The lowest BCUT2D eigenvalue weighted by Crippen LogP contribution is -2.33. The van der Waals surface area contributed by atoms with E-state index in [4.69, 9.17) is 4.74 Å². The molecule has 0 aliphatic heterocycles. The normalized spacial score (nSPS) is 12.3. The predicted molar refractivity (Wildman–Crippen MR) is 137 cm³/mol. The van der Waals surface area contributed by atoms with Crippen LogP contribution in [0.25, 0.3) is 10.9 Å². The van der Waals surface area contributed by atoms with E-state index in [1.54, 1.807) is 19.1 Å². The number of esters is 1. The van der Waals surface area contributed by atoms with Crippen LogP contribution in [0, 0.1) is 19.7 Å². The number of halogens is 1. The van der Waals surface area contributed by atoms with Crippen molar-refractivity contribution in [3.63, 3.8) is 0 Å². The maximum absolute atomic E-state index is 13.6. The molecule has 2 aromatic carbocycles. The third-order valence-electron chi connectivity index (χ3n) is 6.46. The number of nitrogens with zero attached hydrogens (tertiary/aromatic N) is 5. The van der Waals surface area contributed by atoms with Crippen LogP contribution in [0.3, 0.4) is 0 Å². The van der Waals surface area contributed by atoms with Gasteiger partial charge in [-0.25, -0.2) is 9.07 Å². The van der Waals surface area contributed by atoms with Crippen molar-refractivity contribution in [2.24, 2.45) is 0 Å². The van der Waals surface area contributed by atoms with Gasteiger partial charge >= 0.3 is 5.97 Å². The number of pyridine rings is 1. The summed E-state index contributed by atoms with van der Waals surface area (Å²) in [5.41, 5.74) is 4.17. The SMILES string of the molecule is CCOC(=O)Cn1nnnc1[C@@H](CC)N(Cc1ccc(F)cc1)Cc1cc2c(C)ccc(C)c2[nH]c1=O. The highest BCUT2D eigenvalue weighted by Gasteiger charge is 2.27. The number of carbonyl (C=O) groups is 1. The number of aromatic nitrogens is 5. The standard InChI is InChI=1S/C27H31FN6O3/c1-5-23(26-30-31-32-34(26)16-24(35)37-6-2)33(14-19-9-11-21(28)12-10-19)15-20-13-22-17(3)7-8-18(4)25(22)29-27(20)36/h7-13,23H,5-6,14-16H2,1-4H3,(H,29,36)/t23-/m1/s1. The number of aromatic amines is 1. The highest BCUT2D eigenvalue weighted by atomic mass is 19.1. The van der Waals surface area contributed by atoms with E-state index >= 15 is 0 Å². The zero-order chi connectivity index (χ0) is 26.5. The fraction of sp³-hybridized carbons (Fsp3) is 0.370. The van der Waals surface area contributed by atoms with Crippen molar-refractivity contribution in [1.29, 1.82) is 0 Å². The van der Waals surface area contributed by atoms with Gasteiger partial charge in [-0.3, -0.25) is 14.5 Å². The van der Waals surface area contributed by atoms with Crippen LogP contribution in [0.5, 0.6) is 0 Å². The van der Waals surface area contributed by atoms with Crippen LogP contribution in [0.1, 0.15) is 54.4 Å². The van der Waals surface area contributed by atoms with Crippen molar-refractivity contribution in [3.05, 3.63) is 86.7 Å². The van der Waals surface area contributed by atoms with Crippen molar-refractivity contribution in [3.8, 4) is 0 Å². The van der Waals surface area contributed by atoms with E-state index in [2.05, 4.69) is 25.4 Å². The summed E-state index contributed by atoms with van der Waals surface area (Å²) in [7, 11) is 0. The van der Waals surface area contributed by atoms with Crippen molar-refractivity contribution in [2.75, 3.05) is 6.61 Å². The lowest BCUT2D eigenvalue weighted by molar-refractivity contribution is -0.144. The molecule has 0 aliphatic carbocycles. The van der Waals surface area contributed by atoms with Crippen molar-refractivity contribution < 1.29 is 13.9 Å². The van der Waals surface area contributed by atoms with Gasteiger partial charge in [0.05, 0.1) is 18.2 Å². The van der Waals surface area contributed by atoms with Gasteiger partial charge in [0.1, 0.15) is 12.4 Å². The fourth-order valence-corrected chi connectivity index (χ4v) is 4.55. The third kappa shape index (κ3) is 5.91. The minimum absolute atomic E-state index is 0.119. The molecule has 0 bridgehead atoms. The Morgan fingerprint density at radius 1 is 1.11 bits per heavy atom. The Labute approximate surface area is 214 Å². The van der Waals surface area contributed by atoms with Crippen LogP contribution in [0.15, 0.2) is 47.3 Å². The van der Waals surface area contributed by atoms with Gasteiger partial charge in [0, 0.05) is 24.0 Å². The number of rotatable bonds is 10. The zero-order valence-corrected chi connectivity index (χ0v) is 21.5. The summed E-state index contributed by atoms with van der Waals surface area (Å²) in [6.07, 6.45) is 0.605. The summed E-state index contributed by atoms with van der Waals surface area (Å²) in [6, 6.07) is 11.9. The molecule has 0 radical (unpaired) electrons. The molecule has 0 saturated carbocycles. The second-order valence-corrected chi connectivity index (χ2v) is 9.07. The number of hydrogen-bond acceptors (Lipinski definition) is 7. The first-order valence-electron chi connectivity index (χ1n) is 12.3. The molecule has 1 atom stereocenters. The minimum Gasteiger partial charge on any atom is -0.465 e. The van der Waals surface area contributed by atoms with E-state index in [1.807, 2.05) is 39.0 Å². The van der Waals surface area contributed by atoms with Crippen LogP contribution in [0.4, 0.5) is 4.39 Å². The maximum Gasteiger partial charge on any atom is 0.327 e. The van der Waals surface area contributed by atoms with E-state index in [0.717, 1.165) is 27.6 Å². The van der Waals surface area contributed by atoms with Gasteiger partial charge in [0.25, 0.3) is 5.56 Å². The highest BCUT2D eigenvalue weighted by molar-refractivity contribution is 5.85. The summed E-state index contributed by atoms with van der Waals surface area (Å²) < 4.78 is 20.1. The van der Waals surface area contributed by atoms with Gasteiger partial charge in [-0.2, -0.15) is 0 Å². The molecule has 9 nitrogen and oxygen atoms in total. The topological polar surface area (TPSA) is 106 Å². The van der Waals surface area contributed by atoms with Crippen LogP contribution < -0.4 is 5.56 Å². The van der Waals surface area contributed by atoms with Gasteiger partial charge in [-0.05, 0) is 72.5 Å². The minimum atomic E-state index is -0.437.